The van der Waals surface area contributed by atoms with Crippen LogP contribution in [0.1, 0.15) is 62.9 Å². The Balaban J connectivity index is 1.88. The predicted molar refractivity (Wildman–Crippen MR) is 118 cm³/mol. The Labute approximate surface area is 163 Å². The van der Waals surface area contributed by atoms with E-state index in [2.05, 4.69) is 84.5 Å². The van der Waals surface area contributed by atoms with Crippen LogP contribution in [0.15, 0.2) is 23.9 Å². The second kappa shape index (κ2) is 6.12. The first-order chi connectivity index (χ1) is 12.7. The van der Waals surface area contributed by atoms with Crippen LogP contribution in [-0.2, 0) is 13.5 Å². The summed E-state index contributed by atoms with van der Waals surface area (Å²) < 4.78 is 2.28. The van der Waals surface area contributed by atoms with E-state index in [1.165, 1.54) is 61.0 Å². The van der Waals surface area contributed by atoms with Crippen LogP contribution in [0.3, 0.4) is 0 Å². The fourth-order valence-electron chi connectivity index (χ4n) is 5.09. The number of nitrogens with zero attached hydrogens (tertiary/aromatic N) is 1. The van der Waals surface area contributed by atoms with Crippen molar-refractivity contribution in [2.75, 3.05) is 0 Å². The average molecular weight is 358 g/mol. The molecule has 0 radical (unpaired) electrons. The summed E-state index contributed by atoms with van der Waals surface area (Å²) in [6, 6.07) is 4.71. The predicted octanol–water partition coefficient (Wildman–Crippen LogP) is 6.77. The summed E-state index contributed by atoms with van der Waals surface area (Å²) in [5.41, 5.74) is 16.0. The number of fused-ring (bicyclic) bond motifs is 2. The molecule has 1 heterocycles. The Morgan fingerprint density at radius 1 is 0.889 bits per heavy atom. The van der Waals surface area contributed by atoms with Gasteiger partial charge in [0.15, 0.2) is 0 Å². The van der Waals surface area contributed by atoms with Crippen molar-refractivity contribution >= 4 is 17.0 Å². The molecule has 4 rings (SSSR count). The summed E-state index contributed by atoms with van der Waals surface area (Å²) in [7, 11) is 2.16. The molecule has 1 unspecified atom stereocenters. The van der Waals surface area contributed by atoms with Crippen molar-refractivity contribution in [2.45, 2.75) is 60.8 Å². The van der Waals surface area contributed by atoms with E-state index in [4.69, 9.17) is 0 Å². The van der Waals surface area contributed by atoms with Crippen LogP contribution < -0.4 is 0 Å². The lowest BCUT2D eigenvalue weighted by molar-refractivity contribution is 0.865. The van der Waals surface area contributed by atoms with E-state index in [-0.39, 0.29) is 0 Å². The third-order valence-corrected chi connectivity index (χ3v) is 7.26. The second-order valence-electron chi connectivity index (χ2n) is 8.61. The van der Waals surface area contributed by atoms with Crippen molar-refractivity contribution < 1.29 is 0 Å². The van der Waals surface area contributed by atoms with Gasteiger partial charge in [0.1, 0.15) is 0 Å². The molecule has 27 heavy (non-hydrogen) atoms. The molecule has 0 N–H and O–H groups in total. The van der Waals surface area contributed by atoms with Crippen LogP contribution in [0, 0.1) is 41.5 Å². The minimum atomic E-state index is 0.432. The lowest BCUT2D eigenvalue weighted by Crippen LogP contribution is -2.05. The number of hydrogen-bond acceptors (Lipinski definition) is 0. The Hall–Kier alpha value is -2.28. The van der Waals surface area contributed by atoms with Crippen molar-refractivity contribution in [3.05, 3.63) is 74.0 Å². The molecule has 1 atom stereocenters. The van der Waals surface area contributed by atoms with Gasteiger partial charge in [-0.1, -0.05) is 24.6 Å². The minimum absolute atomic E-state index is 0.432. The Bertz CT molecular complexity index is 1120. The topological polar surface area (TPSA) is 4.93 Å². The number of aryl methyl sites for hydroxylation is 3. The maximum absolute atomic E-state index is 2.48. The molecule has 1 heteroatoms. The van der Waals surface area contributed by atoms with Gasteiger partial charge in [-0.15, -0.1) is 0 Å². The zero-order valence-electron chi connectivity index (χ0n) is 18.0. The summed E-state index contributed by atoms with van der Waals surface area (Å²) in [5.74, 6) is 0.432. The summed E-state index contributed by atoms with van der Waals surface area (Å²) in [4.78, 5) is 0. The quantitative estimate of drug-likeness (QED) is 0.477. The van der Waals surface area contributed by atoms with Crippen LogP contribution >= 0.6 is 0 Å². The largest absolute Gasteiger partial charge is 0.350 e. The lowest BCUT2D eigenvalue weighted by atomic mass is 9.83. The van der Waals surface area contributed by atoms with E-state index >= 15 is 0 Å². The molecule has 0 spiro atoms. The zero-order valence-corrected chi connectivity index (χ0v) is 18.0. The van der Waals surface area contributed by atoms with Gasteiger partial charge in [-0.2, -0.15) is 0 Å². The molecule has 140 valence electrons. The number of rotatable bonds is 2. The normalized spacial score (nSPS) is 14.6. The summed E-state index contributed by atoms with van der Waals surface area (Å²) in [5, 5.41) is 1.42. The SMILES string of the molecule is Cc1cc2c(c(C)c1C)C=C(C(C)c1c(C)c(C)c(C)c3c1ccn3C)C2. The monoisotopic (exact) mass is 357 g/mol. The van der Waals surface area contributed by atoms with E-state index in [9.17, 15) is 0 Å². The highest BCUT2D eigenvalue weighted by Crippen LogP contribution is 2.42. The van der Waals surface area contributed by atoms with Crippen LogP contribution in [0.4, 0.5) is 0 Å². The molecule has 2 aromatic carbocycles. The van der Waals surface area contributed by atoms with Gasteiger partial charge in [-0.3, -0.25) is 0 Å². The van der Waals surface area contributed by atoms with Crippen molar-refractivity contribution in [3.8, 4) is 0 Å². The molecule has 0 saturated heterocycles. The molecule has 0 aliphatic heterocycles. The average Bonchev–Trinajstić information content (AvgIpc) is 3.22. The maximum Gasteiger partial charge on any atom is 0.0513 e. The van der Waals surface area contributed by atoms with Crippen LogP contribution in [-0.4, -0.2) is 4.57 Å². The van der Waals surface area contributed by atoms with E-state index in [0.717, 1.165) is 6.42 Å². The summed E-state index contributed by atoms with van der Waals surface area (Å²) in [6.07, 6.45) is 5.77. The standard InChI is InChI=1S/C26H31N/c1-14-11-22-12-21(13-24(22)17(4)15(14)2)20(7)25-18(5)16(3)19(6)26-23(25)9-10-27(26)8/h9-11,13,20H,12H2,1-8H3. The number of allylic oxidation sites excluding steroid dienone is 1. The highest BCUT2D eigenvalue weighted by molar-refractivity contribution is 5.90. The van der Waals surface area contributed by atoms with Gasteiger partial charge in [0.2, 0.25) is 0 Å². The molecular weight excluding hydrogens is 326 g/mol. The third-order valence-electron chi connectivity index (χ3n) is 7.26. The van der Waals surface area contributed by atoms with E-state index in [0.29, 0.717) is 5.92 Å². The molecule has 3 aromatic rings. The molecule has 0 fully saturated rings. The fourth-order valence-corrected chi connectivity index (χ4v) is 5.09. The molecule has 0 bridgehead atoms. The smallest absolute Gasteiger partial charge is 0.0513 e. The van der Waals surface area contributed by atoms with Gasteiger partial charge < -0.3 is 4.57 Å². The van der Waals surface area contributed by atoms with Gasteiger partial charge in [0.05, 0.1) is 5.52 Å². The summed E-state index contributed by atoms with van der Waals surface area (Å²) >= 11 is 0. The minimum Gasteiger partial charge on any atom is -0.350 e. The van der Waals surface area contributed by atoms with E-state index in [1.54, 1.807) is 5.57 Å². The zero-order chi connectivity index (χ0) is 19.6. The number of aromatic nitrogens is 1. The van der Waals surface area contributed by atoms with Gasteiger partial charge >= 0.3 is 0 Å². The highest BCUT2D eigenvalue weighted by atomic mass is 14.9. The van der Waals surface area contributed by atoms with Crippen LogP contribution in [0.5, 0.6) is 0 Å². The number of hydrogen-bond donors (Lipinski definition) is 0. The van der Waals surface area contributed by atoms with Crippen molar-refractivity contribution in [3.63, 3.8) is 0 Å². The van der Waals surface area contributed by atoms with Gasteiger partial charge in [-0.05, 0) is 104 Å². The van der Waals surface area contributed by atoms with Gasteiger partial charge in [0.25, 0.3) is 0 Å². The molecule has 1 aliphatic rings. The molecular formula is C26H31N. The van der Waals surface area contributed by atoms with E-state index < -0.39 is 0 Å². The number of benzene rings is 2. The second-order valence-corrected chi connectivity index (χ2v) is 8.61. The van der Waals surface area contributed by atoms with Gasteiger partial charge in [0, 0.05) is 24.5 Å². The molecule has 0 saturated carbocycles. The first-order valence-corrected chi connectivity index (χ1v) is 10.1. The lowest BCUT2D eigenvalue weighted by Gasteiger charge is -2.21. The first kappa shape index (κ1) is 18.1. The molecule has 0 amide bonds. The Kier molecular flexibility index (Phi) is 4.10. The summed E-state index contributed by atoms with van der Waals surface area (Å²) in [6.45, 7) is 16.0. The molecule has 1 aliphatic carbocycles. The Morgan fingerprint density at radius 3 is 2.30 bits per heavy atom. The maximum atomic E-state index is 2.48. The highest BCUT2D eigenvalue weighted by Gasteiger charge is 2.25. The third kappa shape index (κ3) is 2.51. The van der Waals surface area contributed by atoms with Crippen molar-refractivity contribution in [2.24, 2.45) is 7.05 Å². The van der Waals surface area contributed by atoms with Crippen molar-refractivity contribution in [1.29, 1.82) is 0 Å². The van der Waals surface area contributed by atoms with Crippen LogP contribution in [0.2, 0.25) is 0 Å². The fraction of sp³-hybridized carbons (Fsp3) is 0.385. The van der Waals surface area contributed by atoms with Crippen molar-refractivity contribution in [1.82, 2.24) is 4.57 Å². The van der Waals surface area contributed by atoms with Gasteiger partial charge in [-0.25, -0.2) is 0 Å². The first-order valence-electron chi connectivity index (χ1n) is 10.1. The Morgan fingerprint density at radius 2 is 1.59 bits per heavy atom. The molecule has 1 aromatic heterocycles. The van der Waals surface area contributed by atoms with E-state index in [1.807, 2.05) is 0 Å². The molecule has 1 nitrogen and oxygen atoms in total. The van der Waals surface area contributed by atoms with Crippen LogP contribution in [0.25, 0.3) is 17.0 Å².